The fraction of sp³-hybridized carbons (Fsp3) is 0.176. The van der Waals surface area contributed by atoms with E-state index < -0.39 is 5.91 Å². The summed E-state index contributed by atoms with van der Waals surface area (Å²) in [5.74, 6) is -0.614. The summed E-state index contributed by atoms with van der Waals surface area (Å²) in [6, 6.07) is 8.00. The van der Waals surface area contributed by atoms with Gasteiger partial charge in [0.25, 0.3) is 5.91 Å². The minimum atomic E-state index is -0.444. The number of benzene rings is 1. The Morgan fingerprint density at radius 3 is 2.65 bits per heavy atom. The van der Waals surface area contributed by atoms with Crippen LogP contribution in [0.25, 0.3) is 0 Å². The van der Waals surface area contributed by atoms with E-state index >= 15 is 0 Å². The fourth-order valence-electron chi connectivity index (χ4n) is 2.45. The van der Waals surface area contributed by atoms with E-state index in [1.807, 2.05) is 0 Å². The van der Waals surface area contributed by atoms with E-state index in [1.54, 1.807) is 31.5 Å². The normalized spacial score (nSPS) is 14.7. The predicted molar refractivity (Wildman–Crippen MR) is 86.9 cm³/mol. The number of hydrogen-bond donors (Lipinski definition) is 1. The third-order valence-electron chi connectivity index (χ3n) is 3.70. The average molecular weight is 331 g/mol. The fourth-order valence-corrected chi connectivity index (χ4v) is 2.72. The lowest BCUT2D eigenvalue weighted by Crippen LogP contribution is -2.22. The van der Waals surface area contributed by atoms with Crippen LogP contribution < -0.4 is 0 Å². The van der Waals surface area contributed by atoms with Gasteiger partial charge >= 0.3 is 0 Å². The highest BCUT2D eigenvalue weighted by molar-refractivity contribution is 7.81. The summed E-state index contributed by atoms with van der Waals surface area (Å²) in [4.78, 5) is 13.3. The van der Waals surface area contributed by atoms with E-state index in [1.165, 1.54) is 17.0 Å². The molecule has 6 heteroatoms. The Labute approximate surface area is 137 Å². The second kappa shape index (κ2) is 5.96. The van der Waals surface area contributed by atoms with Crippen molar-refractivity contribution in [3.05, 3.63) is 70.6 Å². The van der Waals surface area contributed by atoms with Gasteiger partial charge in [-0.1, -0.05) is 24.4 Å². The molecule has 4 nitrogen and oxygen atoms in total. The van der Waals surface area contributed by atoms with Crippen molar-refractivity contribution in [2.45, 2.75) is 6.42 Å². The largest absolute Gasteiger partial charge is 0.503 e. The zero-order valence-electron chi connectivity index (χ0n) is 12.4. The number of hydrogen-bond acceptors (Lipinski definition) is 4. The van der Waals surface area contributed by atoms with E-state index in [0.29, 0.717) is 22.6 Å². The van der Waals surface area contributed by atoms with Crippen molar-refractivity contribution in [1.82, 2.24) is 4.90 Å². The quantitative estimate of drug-likeness (QED) is 0.691. The summed E-state index contributed by atoms with van der Waals surface area (Å²) in [7, 11) is 1.59. The number of rotatable bonds is 4. The monoisotopic (exact) mass is 331 g/mol. The molecule has 1 aliphatic rings. The van der Waals surface area contributed by atoms with Gasteiger partial charge in [-0.05, 0) is 29.3 Å². The Morgan fingerprint density at radius 1 is 1.35 bits per heavy atom. The highest BCUT2D eigenvalue weighted by Crippen LogP contribution is 2.23. The maximum absolute atomic E-state index is 12.9. The number of carbonyl (C=O) groups is 1. The summed E-state index contributed by atoms with van der Waals surface area (Å²) in [6.07, 6.45) is 2.15. The van der Waals surface area contributed by atoms with Crippen molar-refractivity contribution in [3.8, 4) is 0 Å². The number of halogens is 1. The minimum absolute atomic E-state index is 0.261. The van der Waals surface area contributed by atoms with Gasteiger partial charge in [-0.3, -0.25) is 4.79 Å². The lowest BCUT2D eigenvalue weighted by molar-refractivity contribution is -0.126. The van der Waals surface area contributed by atoms with E-state index in [9.17, 15) is 14.3 Å². The van der Waals surface area contributed by atoms with Crippen LogP contribution in [0.2, 0.25) is 0 Å². The van der Waals surface area contributed by atoms with Crippen LogP contribution in [0.4, 0.5) is 4.39 Å². The Hall–Kier alpha value is -2.47. The van der Waals surface area contributed by atoms with Crippen LogP contribution >= 0.6 is 12.2 Å². The van der Waals surface area contributed by atoms with Gasteiger partial charge in [0.05, 0.1) is 17.7 Å². The van der Waals surface area contributed by atoms with Crippen molar-refractivity contribution in [1.29, 1.82) is 0 Å². The number of furan rings is 1. The third kappa shape index (κ3) is 3.03. The molecule has 3 rings (SSSR count). The molecule has 0 aliphatic carbocycles. The van der Waals surface area contributed by atoms with E-state index in [-0.39, 0.29) is 18.1 Å². The van der Waals surface area contributed by atoms with Crippen LogP contribution in [0.3, 0.4) is 0 Å². The van der Waals surface area contributed by atoms with Crippen molar-refractivity contribution in [2.75, 3.05) is 13.6 Å². The standard InChI is InChI=1S/C17H14FNO3S/c1-19-8-13(15(20)17(19)21)16(23)14-7-11(9-22-14)6-10-2-4-12(18)5-3-10/h2-5,7,9,20H,6,8H2,1H3. The van der Waals surface area contributed by atoms with Crippen molar-refractivity contribution < 1.29 is 18.7 Å². The number of aliphatic hydroxyl groups excluding tert-OH is 1. The van der Waals surface area contributed by atoms with Gasteiger partial charge in [-0.15, -0.1) is 0 Å². The van der Waals surface area contributed by atoms with Gasteiger partial charge in [0.2, 0.25) is 0 Å². The van der Waals surface area contributed by atoms with Crippen LogP contribution in [-0.2, 0) is 11.2 Å². The molecule has 0 bridgehead atoms. The lowest BCUT2D eigenvalue weighted by Gasteiger charge is -2.06. The summed E-state index contributed by atoms with van der Waals surface area (Å²) in [5.41, 5.74) is 2.23. The van der Waals surface area contributed by atoms with Gasteiger partial charge in [0.15, 0.2) is 5.76 Å². The SMILES string of the molecule is CN1CC(C(=S)c2cc(Cc3ccc(F)cc3)co2)=C(O)C1=O. The maximum Gasteiger partial charge on any atom is 0.289 e. The van der Waals surface area contributed by atoms with Gasteiger partial charge in [-0.25, -0.2) is 4.39 Å². The molecule has 0 saturated heterocycles. The minimum Gasteiger partial charge on any atom is -0.503 e. The molecule has 118 valence electrons. The molecular weight excluding hydrogens is 317 g/mol. The molecule has 23 heavy (non-hydrogen) atoms. The Balaban J connectivity index is 1.78. The van der Waals surface area contributed by atoms with Crippen molar-refractivity contribution in [2.24, 2.45) is 0 Å². The summed E-state index contributed by atoms with van der Waals surface area (Å²) < 4.78 is 18.4. The molecule has 1 aromatic heterocycles. The van der Waals surface area contributed by atoms with Gasteiger partial charge < -0.3 is 14.4 Å². The van der Waals surface area contributed by atoms with Crippen molar-refractivity contribution in [3.63, 3.8) is 0 Å². The van der Waals surface area contributed by atoms with Crippen LogP contribution in [0.5, 0.6) is 0 Å². The number of carbonyl (C=O) groups excluding carboxylic acids is 1. The van der Waals surface area contributed by atoms with Crippen LogP contribution in [0.1, 0.15) is 16.9 Å². The molecule has 1 aromatic carbocycles. The van der Waals surface area contributed by atoms with E-state index in [2.05, 4.69) is 0 Å². The Bertz CT molecular complexity index is 808. The van der Waals surface area contributed by atoms with Crippen LogP contribution in [-0.4, -0.2) is 34.4 Å². The lowest BCUT2D eigenvalue weighted by atomic mass is 10.1. The molecule has 0 saturated carbocycles. The third-order valence-corrected chi connectivity index (χ3v) is 4.15. The summed E-state index contributed by atoms with van der Waals surface area (Å²) in [5, 5.41) is 9.85. The number of likely N-dealkylation sites (N-methyl/N-ethyl adjacent to an activating group) is 1. The van der Waals surface area contributed by atoms with E-state index in [4.69, 9.17) is 16.6 Å². The number of amides is 1. The second-order valence-corrected chi connectivity index (χ2v) is 5.85. The van der Waals surface area contributed by atoms with Gasteiger partial charge in [0, 0.05) is 19.0 Å². The van der Waals surface area contributed by atoms with Crippen molar-refractivity contribution >= 4 is 23.0 Å². The Kier molecular flexibility index (Phi) is 4.00. The molecule has 1 amide bonds. The molecule has 0 unspecified atom stereocenters. The van der Waals surface area contributed by atoms with Gasteiger partial charge in [-0.2, -0.15) is 0 Å². The highest BCUT2D eigenvalue weighted by atomic mass is 32.1. The van der Waals surface area contributed by atoms with E-state index in [0.717, 1.165) is 11.1 Å². The van der Waals surface area contributed by atoms with Gasteiger partial charge in [0.1, 0.15) is 11.6 Å². The molecule has 1 N–H and O–H groups in total. The van der Waals surface area contributed by atoms with Crippen LogP contribution in [0.15, 0.2) is 52.3 Å². The molecular formula is C17H14FNO3S. The zero-order valence-corrected chi connectivity index (χ0v) is 13.2. The molecule has 0 atom stereocenters. The zero-order chi connectivity index (χ0) is 16.6. The number of aliphatic hydroxyl groups is 1. The first kappa shape index (κ1) is 15.4. The maximum atomic E-state index is 12.9. The molecule has 1 aliphatic heterocycles. The number of nitrogens with zero attached hydrogens (tertiary/aromatic N) is 1. The highest BCUT2D eigenvalue weighted by Gasteiger charge is 2.31. The molecule has 0 fully saturated rings. The molecule has 2 heterocycles. The smallest absolute Gasteiger partial charge is 0.289 e. The first-order chi connectivity index (χ1) is 11.0. The number of thiocarbonyl (C=S) groups is 1. The molecule has 2 aromatic rings. The average Bonchev–Trinajstić information content (AvgIpc) is 3.10. The second-order valence-electron chi connectivity index (χ2n) is 5.44. The molecule has 0 spiro atoms. The topological polar surface area (TPSA) is 53.7 Å². The first-order valence-electron chi connectivity index (χ1n) is 7.00. The van der Waals surface area contributed by atoms with Crippen LogP contribution in [0, 0.1) is 5.82 Å². The molecule has 0 radical (unpaired) electrons. The predicted octanol–water partition coefficient (Wildman–Crippen LogP) is 3.01. The summed E-state index contributed by atoms with van der Waals surface area (Å²) >= 11 is 5.32. The Morgan fingerprint density at radius 2 is 2.04 bits per heavy atom. The summed E-state index contributed by atoms with van der Waals surface area (Å²) in [6.45, 7) is 0.261. The first-order valence-corrected chi connectivity index (χ1v) is 7.40.